The number of rotatable bonds is 2. The molecule has 106 valence electrons. The predicted octanol–water partition coefficient (Wildman–Crippen LogP) is 0.962. The van der Waals surface area contributed by atoms with Crippen molar-refractivity contribution in [3.05, 3.63) is 46.0 Å². The minimum Gasteiger partial charge on any atom is -0.330 e. The number of nitrogens with one attached hydrogen (secondary N) is 1. The average molecular weight is 272 g/mol. The van der Waals surface area contributed by atoms with E-state index in [0.29, 0.717) is 0 Å². The lowest BCUT2D eigenvalue weighted by Crippen LogP contribution is -3.10. The highest BCUT2D eigenvalue weighted by molar-refractivity contribution is 5.39. The smallest absolute Gasteiger partial charge is 0.258 e. The van der Waals surface area contributed by atoms with Crippen LogP contribution < -0.4 is 10.5 Å². The zero-order valence-corrected chi connectivity index (χ0v) is 12.1. The van der Waals surface area contributed by atoms with Crippen LogP contribution in [0.2, 0.25) is 0 Å². The summed E-state index contributed by atoms with van der Waals surface area (Å²) in [6.07, 6.45) is 7.13. The Labute approximate surface area is 119 Å². The van der Waals surface area contributed by atoms with E-state index >= 15 is 0 Å². The number of quaternary nitrogens is 1. The molecule has 0 radical (unpaired) electrons. The first-order valence-corrected chi connectivity index (χ1v) is 7.55. The van der Waals surface area contributed by atoms with Gasteiger partial charge in [-0.05, 0) is 44.2 Å². The maximum absolute atomic E-state index is 12.2. The van der Waals surface area contributed by atoms with Crippen molar-refractivity contribution in [3.63, 3.8) is 0 Å². The molecule has 4 nitrogen and oxygen atoms in total. The summed E-state index contributed by atoms with van der Waals surface area (Å²) in [5.41, 5.74) is 2.79. The van der Waals surface area contributed by atoms with E-state index in [-0.39, 0.29) is 5.56 Å². The van der Waals surface area contributed by atoms with Crippen LogP contribution in [0.1, 0.15) is 36.9 Å². The summed E-state index contributed by atoms with van der Waals surface area (Å²) < 4.78 is 1.64. The summed E-state index contributed by atoms with van der Waals surface area (Å²) in [4.78, 5) is 18.4. The molecular formula is C16H22N3O+. The van der Waals surface area contributed by atoms with E-state index in [4.69, 9.17) is 0 Å². The Hall–Kier alpha value is -1.68. The first-order valence-electron chi connectivity index (χ1n) is 7.55. The van der Waals surface area contributed by atoms with E-state index in [1.165, 1.54) is 38.8 Å². The Morgan fingerprint density at radius 1 is 1.20 bits per heavy atom. The lowest BCUT2D eigenvalue weighted by molar-refractivity contribution is -0.913. The molecule has 1 fully saturated rings. The lowest BCUT2D eigenvalue weighted by atomic mass is 10.2. The van der Waals surface area contributed by atoms with Crippen molar-refractivity contribution in [1.29, 1.82) is 0 Å². The van der Waals surface area contributed by atoms with Gasteiger partial charge in [0.1, 0.15) is 17.9 Å². The fraction of sp³-hybridized carbons (Fsp3) is 0.500. The molecule has 0 aliphatic carbocycles. The first kappa shape index (κ1) is 13.3. The van der Waals surface area contributed by atoms with Crippen LogP contribution in [0.5, 0.6) is 0 Å². The third-order valence-corrected chi connectivity index (χ3v) is 4.10. The molecule has 0 aromatic carbocycles. The number of fused-ring (bicyclic) bond motifs is 1. The molecule has 1 aliphatic heterocycles. The Morgan fingerprint density at radius 3 is 2.70 bits per heavy atom. The molecule has 0 spiro atoms. The lowest BCUT2D eigenvalue weighted by Gasteiger charge is -2.16. The van der Waals surface area contributed by atoms with Gasteiger partial charge in [-0.15, -0.1) is 0 Å². The van der Waals surface area contributed by atoms with Gasteiger partial charge in [-0.3, -0.25) is 9.20 Å². The Kier molecular flexibility index (Phi) is 3.83. The maximum Gasteiger partial charge on any atom is 0.258 e. The highest BCUT2D eigenvalue weighted by Gasteiger charge is 2.14. The minimum atomic E-state index is 0.0305. The van der Waals surface area contributed by atoms with Crippen LogP contribution in [0.25, 0.3) is 5.65 Å². The van der Waals surface area contributed by atoms with Gasteiger partial charge in [-0.2, -0.15) is 0 Å². The van der Waals surface area contributed by atoms with Crippen LogP contribution in [0, 0.1) is 6.92 Å². The van der Waals surface area contributed by atoms with Gasteiger partial charge in [0.05, 0.1) is 13.1 Å². The number of pyridine rings is 1. The molecule has 0 bridgehead atoms. The molecule has 3 heterocycles. The van der Waals surface area contributed by atoms with Crippen LogP contribution >= 0.6 is 0 Å². The molecule has 3 rings (SSSR count). The van der Waals surface area contributed by atoms with Gasteiger partial charge in [0, 0.05) is 12.3 Å². The topological polar surface area (TPSA) is 38.8 Å². The fourth-order valence-electron chi connectivity index (χ4n) is 3.01. The molecule has 0 atom stereocenters. The number of nitrogens with zero attached hydrogens (tertiary/aromatic N) is 2. The zero-order valence-electron chi connectivity index (χ0n) is 12.1. The quantitative estimate of drug-likeness (QED) is 0.884. The number of likely N-dealkylation sites (tertiary alicyclic amines) is 1. The van der Waals surface area contributed by atoms with Gasteiger partial charge in [-0.1, -0.05) is 6.07 Å². The number of aromatic nitrogens is 2. The second-order valence-electron chi connectivity index (χ2n) is 5.86. The normalized spacial score (nSPS) is 17.2. The standard InChI is InChI=1S/C16H21N3O/c1-13-6-7-15-17-14(10-16(20)19(15)11-13)12-18-8-4-2-3-5-9-18/h6-7,10-11H,2-5,8-9,12H2,1H3/p+1. The maximum atomic E-state index is 12.2. The fourth-order valence-corrected chi connectivity index (χ4v) is 3.01. The summed E-state index contributed by atoms with van der Waals surface area (Å²) in [7, 11) is 0. The van der Waals surface area contributed by atoms with Crippen LogP contribution in [0.4, 0.5) is 0 Å². The summed E-state index contributed by atoms with van der Waals surface area (Å²) in [5.74, 6) is 0. The number of hydrogen-bond donors (Lipinski definition) is 1. The molecule has 2 aromatic heterocycles. The molecule has 1 N–H and O–H groups in total. The van der Waals surface area contributed by atoms with E-state index < -0.39 is 0 Å². The van der Waals surface area contributed by atoms with E-state index in [9.17, 15) is 4.79 Å². The summed E-state index contributed by atoms with van der Waals surface area (Å²) in [5, 5.41) is 0. The van der Waals surface area contributed by atoms with Crippen LogP contribution in [-0.4, -0.2) is 22.5 Å². The van der Waals surface area contributed by atoms with Crippen molar-refractivity contribution >= 4 is 5.65 Å². The van der Waals surface area contributed by atoms with E-state index in [1.807, 2.05) is 25.3 Å². The number of aryl methyl sites for hydroxylation is 1. The van der Waals surface area contributed by atoms with E-state index in [0.717, 1.165) is 23.4 Å². The number of hydrogen-bond acceptors (Lipinski definition) is 2. The summed E-state index contributed by atoms with van der Waals surface area (Å²) in [6.45, 7) is 5.27. The Balaban J connectivity index is 1.88. The molecule has 20 heavy (non-hydrogen) atoms. The molecule has 0 saturated carbocycles. The zero-order chi connectivity index (χ0) is 13.9. The van der Waals surface area contributed by atoms with Gasteiger partial charge in [0.15, 0.2) is 0 Å². The highest BCUT2D eigenvalue weighted by atomic mass is 16.1. The van der Waals surface area contributed by atoms with Crippen molar-refractivity contribution in [2.75, 3.05) is 13.1 Å². The second kappa shape index (κ2) is 5.75. The van der Waals surface area contributed by atoms with Gasteiger partial charge in [-0.25, -0.2) is 4.98 Å². The van der Waals surface area contributed by atoms with E-state index in [1.54, 1.807) is 15.4 Å². The molecule has 2 aromatic rings. The second-order valence-corrected chi connectivity index (χ2v) is 5.86. The van der Waals surface area contributed by atoms with Crippen LogP contribution in [0.15, 0.2) is 29.2 Å². The van der Waals surface area contributed by atoms with E-state index in [2.05, 4.69) is 4.98 Å². The molecule has 1 aliphatic rings. The van der Waals surface area contributed by atoms with Gasteiger partial charge < -0.3 is 4.90 Å². The third kappa shape index (κ3) is 2.90. The SMILES string of the molecule is Cc1ccc2nc(C[NH+]3CCCCCC3)cc(=O)n2c1. The van der Waals surface area contributed by atoms with Crippen LogP contribution in [0.3, 0.4) is 0 Å². The molecule has 0 amide bonds. The van der Waals surface area contributed by atoms with Crippen molar-refractivity contribution < 1.29 is 4.90 Å². The van der Waals surface area contributed by atoms with Gasteiger partial charge >= 0.3 is 0 Å². The molecular weight excluding hydrogens is 250 g/mol. The summed E-state index contributed by atoms with van der Waals surface area (Å²) >= 11 is 0. The first-order chi connectivity index (χ1) is 9.72. The van der Waals surface area contributed by atoms with Crippen molar-refractivity contribution in [3.8, 4) is 0 Å². The average Bonchev–Trinajstić information content (AvgIpc) is 2.68. The summed E-state index contributed by atoms with van der Waals surface area (Å²) in [6, 6.07) is 5.63. The third-order valence-electron chi connectivity index (χ3n) is 4.10. The van der Waals surface area contributed by atoms with Gasteiger partial charge in [0.25, 0.3) is 5.56 Å². The van der Waals surface area contributed by atoms with Crippen molar-refractivity contribution in [2.24, 2.45) is 0 Å². The van der Waals surface area contributed by atoms with Crippen LogP contribution in [-0.2, 0) is 6.54 Å². The monoisotopic (exact) mass is 272 g/mol. The Morgan fingerprint density at radius 2 is 1.95 bits per heavy atom. The predicted molar refractivity (Wildman–Crippen MR) is 79.1 cm³/mol. The molecule has 1 saturated heterocycles. The Bertz CT molecular complexity index is 654. The largest absolute Gasteiger partial charge is 0.330 e. The molecule has 0 unspecified atom stereocenters. The van der Waals surface area contributed by atoms with Crippen molar-refractivity contribution in [1.82, 2.24) is 9.38 Å². The highest BCUT2D eigenvalue weighted by Crippen LogP contribution is 2.03. The van der Waals surface area contributed by atoms with Crippen molar-refractivity contribution in [2.45, 2.75) is 39.2 Å². The minimum absolute atomic E-state index is 0.0305. The molecule has 4 heteroatoms. The van der Waals surface area contributed by atoms with Gasteiger partial charge in [0.2, 0.25) is 0 Å².